The van der Waals surface area contributed by atoms with E-state index in [1.807, 2.05) is 13.8 Å². The Morgan fingerprint density at radius 1 is 1.56 bits per heavy atom. The van der Waals surface area contributed by atoms with E-state index in [0.29, 0.717) is 17.2 Å². The van der Waals surface area contributed by atoms with Crippen molar-refractivity contribution in [1.82, 2.24) is 4.98 Å². The summed E-state index contributed by atoms with van der Waals surface area (Å²) in [4.78, 5) is 25.9. The molecule has 0 radical (unpaired) electrons. The molecule has 0 fully saturated rings. The first-order valence-electron chi connectivity index (χ1n) is 5.62. The van der Waals surface area contributed by atoms with Crippen LogP contribution in [0.2, 0.25) is 0 Å². The number of nitrogens with two attached hydrogens (primary N) is 1. The van der Waals surface area contributed by atoms with Crippen LogP contribution in [-0.4, -0.2) is 28.0 Å². The van der Waals surface area contributed by atoms with Crippen molar-refractivity contribution >= 4 is 28.3 Å². The van der Waals surface area contributed by atoms with E-state index in [1.165, 1.54) is 11.3 Å². The molecule has 0 bridgehead atoms. The summed E-state index contributed by atoms with van der Waals surface area (Å²) >= 11 is 1.34. The first-order chi connectivity index (χ1) is 8.40. The minimum absolute atomic E-state index is 0.0482. The minimum Gasteiger partial charge on any atom is -0.481 e. The summed E-state index contributed by atoms with van der Waals surface area (Å²) in [6.45, 7) is 3.78. The van der Waals surface area contributed by atoms with E-state index in [0.717, 1.165) is 0 Å². The molecule has 4 N–H and O–H groups in total. The normalized spacial score (nSPS) is 12.4. The monoisotopic (exact) mass is 271 g/mol. The Kier molecular flexibility index (Phi) is 5.08. The molecule has 1 aromatic heterocycles. The zero-order valence-corrected chi connectivity index (χ0v) is 11.2. The third kappa shape index (κ3) is 4.33. The van der Waals surface area contributed by atoms with Gasteiger partial charge in [0.15, 0.2) is 5.13 Å². The number of hydrogen-bond donors (Lipinski definition) is 3. The second kappa shape index (κ2) is 6.34. The molecule has 0 saturated carbocycles. The Morgan fingerprint density at radius 2 is 2.22 bits per heavy atom. The van der Waals surface area contributed by atoms with Crippen LogP contribution in [0, 0.1) is 5.92 Å². The number of aromatic nitrogens is 1. The van der Waals surface area contributed by atoms with E-state index in [9.17, 15) is 9.59 Å². The zero-order valence-electron chi connectivity index (χ0n) is 10.3. The molecule has 7 heteroatoms. The van der Waals surface area contributed by atoms with Crippen molar-refractivity contribution in [2.45, 2.75) is 32.7 Å². The van der Waals surface area contributed by atoms with Crippen molar-refractivity contribution < 1.29 is 14.7 Å². The SMILES string of the molecule is CC(C)C(Nc1nc(CCC(=O)O)cs1)C(N)=O. The fourth-order valence-electron chi connectivity index (χ4n) is 1.42. The topological polar surface area (TPSA) is 105 Å². The lowest BCUT2D eigenvalue weighted by Crippen LogP contribution is -2.39. The van der Waals surface area contributed by atoms with Crippen molar-refractivity contribution in [3.8, 4) is 0 Å². The first-order valence-corrected chi connectivity index (χ1v) is 6.50. The molecule has 1 rings (SSSR count). The molecule has 0 spiro atoms. The van der Waals surface area contributed by atoms with Gasteiger partial charge < -0.3 is 16.2 Å². The van der Waals surface area contributed by atoms with Gasteiger partial charge in [0.1, 0.15) is 6.04 Å². The highest BCUT2D eigenvalue weighted by atomic mass is 32.1. The molecule has 6 nitrogen and oxygen atoms in total. The van der Waals surface area contributed by atoms with Gasteiger partial charge in [-0.05, 0) is 5.92 Å². The molecule has 1 unspecified atom stereocenters. The van der Waals surface area contributed by atoms with E-state index in [2.05, 4.69) is 10.3 Å². The number of carboxylic acid groups (broad SMARTS) is 1. The molecule has 1 heterocycles. The molecule has 18 heavy (non-hydrogen) atoms. The van der Waals surface area contributed by atoms with Crippen molar-refractivity contribution in [2.24, 2.45) is 11.7 Å². The molecule has 0 aromatic carbocycles. The molecule has 0 aliphatic rings. The average Bonchev–Trinajstić information content (AvgIpc) is 2.70. The summed E-state index contributed by atoms with van der Waals surface area (Å²) in [6, 6.07) is -0.469. The van der Waals surface area contributed by atoms with Gasteiger partial charge in [-0.3, -0.25) is 9.59 Å². The number of anilines is 1. The fraction of sp³-hybridized carbons (Fsp3) is 0.545. The highest BCUT2D eigenvalue weighted by Crippen LogP contribution is 2.19. The standard InChI is InChI=1S/C11H17N3O3S/c1-6(2)9(10(12)17)14-11-13-7(5-18-11)3-4-8(15)16/h5-6,9H,3-4H2,1-2H3,(H2,12,17)(H,13,14)(H,15,16). The first kappa shape index (κ1) is 14.4. The lowest BCUT2D eigenvalue weighted by molar-refractivity contribution is -0.137. The number of aliphatic carboxylic acids is 1. The van der Waals surface area contributed by atoms with Crippen LogP contribution in [0.25, 0.3) is 0 Å². The van der Waals surface area contributed by atoms with E-state index in [-0.39, 0.29) is 12.3 Å². The largest absolute Gasteiger partial charge is 0.481 e. The Labute approximate surface area is 109 Å². The number of aryl methyl sites for hydroxylation is 1. The van der Waals surface area contributed by atoms with Crippen molar-refractivity contribution in [1.29, 1.82) is 0 Å². The third-order valence-electron chi connectivity index (χ3n) is 2.40. The van der Waals surface area contributed by atoms with Gasteiger partial charge in [0.2, 0.25) is 5.91 Å². The number of carbonyl (C=O) groups is 2. The molecule has 0 aliphatic heterocycles. The number of carbonyl (C=O) groups excluding carboxylic acids is 1. The van der Waals surface area contributed by atoms with Crippen LogP contribution in [0.1, 0.15) is 26.0 Å². The quantitative estimate of drug-likeness (QED) is 0.688. The number of hydrogen-bond acceptors (Lipinski definition) is 5. The van der Waals surface area contributed by atoms with E-state index < -0.39 is 17.9 Å². The number of carboxylic acids is 1. The van der Waals surface area contributed by atoms with Gasteiger partial charge >= 0.3 is 5.97 Å². The summed E-state index contributed by atoms with van der Waals surface area (Å²) in [7, 11) is 0. The molecule has 1 aromatic rings. The van der Waals surface area contributed by atoms with Crippen LogP contribution in [0.5, 0.6) is 0 Å². The highest BCUT2D eigenvalue weighted by molar-refractivity contribution is 7.13. The van der Waals surface area contributed by atoms with Gasteiger partial charge in [-0.25, -0.2) is 4.98 Å². The minimum atomic E-state index is -0.852. The van der Waals surface area contributed by atoms with E-state index in [1.54, 1.807) is 5.38 Å². The van der Waals surface area contributed by atoms with Crippen molar-refractivity contribution in [2.75, 3.05) is 5.32 Å². The van der Waals surface area contributed by atoms with Crippen LogP contribution in [0.3, 0.4) is 0 Å². The molecular formula is C11H17N3O3S. The molecule has 100 valence electrons. The zero-order chi connectivity index (χ0) is 13.7. The smallest absolute Gasteiger partial charge is 0.303 e. The Hall–Kier alpha value is -1.63. The summed E-state index contributed by atoms with van der Waals surface area (Å²) in [5.41, 5.74) is 5.99. The van der Waals surface area contributed by atoms with Crippen LogP contribution >= 0.6 is 11.3 Å². The predicted octanol–water partition coefficient (Wildman–Crippen LogP) is 1.08. The Morgan fingerprint density at radius 3 is 2.72 bits per heavy atom. The summed E-state index contributed by atoms with van der Waals surface area (Å²) < 4.78 is 0. The van der Waals surface area contributed by atoms with Crippen molar-refractivity contribution in [3.05, 3.63) is 11.1 Å². The summed E-state index contributed by atoms with van der Waals surface area (Å²) in [6.07, 6.45) is 0.434. The van der Waals surface area contributed by atoms with Crippen LogP contribution in [0.4, 0.5) is 5.13 Å². The lowest BCUT2D eigenvalue weighted by Gasteiger charge is -2.17. The number of primary amides is 1. The van der Waals surface area contributed by atoms with Gasteiger partial charge in [0, 0.05) is 11.8 Å². The second-order valence-electron chi connectivity index (χ2n) is 4.31. The van der Waals surface area contributed by atoms with Crippen LogP contribution < -0.4 is 11.1 Å². The maximum Gasteiger partial charge on any atom is 0.303 e. The third-order valence-corrected chi connectivity index (χ3v) is 3.22. The van der Waals surface area contributed by atoms with Gasteiger partial charge in [-0.1, -0.05) is 13.8 Å². The molecule has 1 amide bonds. The van der Waals surface area contributed by atoms with Crippen LogP contribution in [0.15, 0.2) is 5.38 Å². The predicted molar refractivity (Wildman–Crippen MR) is 69.5 cm³/mol. The molecule has 0 saturated heterocycles. The second-order valence-corrected chi connectivity index (χ2v) is 5.16. The number of nitrogens with zero attached hydrogens (tertiary/aromatic N) is 1. The maximum absolute atomic E-state index is 11.2. The number of nitrogens with one attached hydrogen (secondary N) is 1. The number of rotatable bonds is 7. The molecular weight excluding hydrogens is 254 g/mol. The summed E-state index contributed by atoms with van der Waals surface area (Å²) in [5, 5.41) is 13.9. The maximum atomic E-state index is 11.2. The number of thiazole rings is 1. The summed E-state index contributed by atoms with van der Waals surface area (Å²) in [5.74, 6) is -1.21. The van der Waals surface area contributed by atoms with E-state index in [4.69, 9.17) is 10.8 Å². The molecule has 1 atom stereocenters. The fourth-order valence-corrected chi connectivity index (χ4v) is 2.21. The van der Waals surface area contributed by atoms with Crippen LogP contribution in [-0.2, 0) is 16.0 Å². The molecule has 0 aliphatic carbocycles. The van der Waals surface area contributed by atoms with Gasteiger partial charge in [-0.2, -0.15) is 0 Å². The average molecular weight is 271 g/mol. The van der Waals surface area contributed by atoms with Gasteiger partial charge in [0.05, 0.1) is 12.1 Å². The Balaban J connectivity index is 2.62. The van der Waals surface area contributed by atoms with Gasteiger partial charge in [-0.15, -0.1) is 11.3 Å². The Bertz CT molecular complexity index is 431. The lowest BCUT2D eigenvalue weighted by atomic mass is 10.0. The van der Waals surface area contributed by atoms with Crippen molar-refractivity contribution in [3.63, 3.8) is 0 Å². The number of amides is 1. The van der Waals surface area contributed by atoms with Gasteiger partial charge in [0.25, 0.3) is 0 Å². The highest BCUT2D eigenvalue weighted by Gasteiger charge is 2.20. The van der Waals surface area contributed by atoms with E-state index >= 15 is 0 Å².